The highest BCUT2D eigenvalue weighted by Crippen LogP contribution is 2.22. The fourth-order valence-corrected chi connectivity index (χ4v) is 3.31. The second-order valence-electron chi connectivity index (χ2n) is 7.41. The van der Waals surface area contributed by atoms with Gasteiger partial charge in [0, 0.05) is 11.4 Å². The molecule has 0 aliphatic rings. The predicted octanol–water partition coefficient (Wildman–Crippen LogP) is 4.07. The van der Waals surface area contributed by atoms with E-state index in [2.05, 4.69) is 29.7 Å². The molecule has 0 saturated heterocycles. The zero-order valence-corrected chi connectivity index (χ0v) is 17.7. The van der Waals surface area contributed by atoms with E-state index in [0.29, 0.717) is 0 Å². The highest BCUT2D eigenvalue weighted by atomic mass is 16.2. The van der Waals surface area contributed by atoms with Gasteiger partial charge in [0.2, 0.25) is 11.8 Å². The number of hydrogen-bond acceptors (Lipinski definition) is 3. The van der Waals surface area contributed by atoms with Gasteiger partial charge in [-0.1, -0.05) is 42.8 Å². The minimum absolute atomic E-state index is 0.126. The molecule has 0 heterocycles. The number of rotatable bonds is 7. The molecule has 5 nitrogen and oxygen atoms in total. The van der Waals surface area contributed by atoms with Gasteiger partial charge in [0.05, 0.1) is 12.6 Å². The third-order valence-electron chi connectivity index (χ3n) is 5.03. The summed E-state index contributed by atoms with van der Waals surface area (Å²) in [5.74, 6) is -0.259. The van der Waals surface area contributed by atoms with E-state index in [0.717, 1.165) is 34.5 Å². The molecule has 0 saturated carbocycles. The maximum Gasteiger partial charge on any atom is 0.241 e. The third-order valence-corrected chi connectivity index (χ3v) is 5.03. The quantitative estimate of drug-likeness (QED) is 0.760. The molecule has 2 aromatic carbocycles. The average molecular weight is 382 g/mol. The smallest absolute Gasteiger partial charge is 0.241 e. The van der Waals surface area contributed by atoms with E-state index >= 15 is 0 Å². The third kappa shape index (κ3) is 5.42. The first kappa shape index (κ1) is 21.6. The van der Waals surface area contributed by atoms with Crippen molar-refractivity contribution in [3.63, 3.8) is 0 Å². The molecule has 2 aromatic rings. The summed E-state index contributed by atoms with van der Waals surface area (Å²) >= 11 is 0. The summed E-state index contributed by atoms with van der Waals surface area (Å²) < 4.78 is 0. The zero-order chi connectivity index (χ0) is 20.8. The Morgan fingerprint density at radius 3 is 2.25 bits per heavy atom. The van der Waals surface area contributed by atoms with E-state index in [1.54, 1.807) is 11.9 Å². The van der Waals surface area contributed by atoms with Gasteiger partial charge < -0.3 is 10.6 Å². The van der Waals surface area contributed by atoms with E-state index in [9.17, 15) is 9.59 Å². The lowest BCUT2D eigenvalue weighted by Crippen LogP contribution is -2.43. The number of carbonyl (C=O) groups excluding carboxylic acids is 2. The fourth-order valence-electron chi connectivity index (χ4n) is 3.31. The zero-order valence-electron chi connectivity index (χ0n) is 17.7. The molecule has 2 rings (SSSR count). The molecule has 0 radical (unpaired) electrons. The second-order valence-corrected chi connectivity index (χ2v) is 7.41. The summed E-state index contributed by atoms with van der Waals surface area (Å²) in [5.41, 5.74) is 6.00. The molecule has 0 bridgehead atoms. The molecule has 2 N–H and O–H groups in total. The van der Waals surface area contributed by atoms with E-state index in [1.165, 1.54) is 5.56 Å². The summed E-state index contributed by atoms with van der Waals surface area (Å²) in [6, 6.07) is 11.4. The van der Waals surface area contributed by atoms with Crippen LogP contribution in [0.3, 0.4) is 0 Å². The molecule has 0 fully saturated rings. The van der Waals surface area contributed by atoms with E-state index in [1.807, 2.05) is 52.0 Å². The Morgan fingerprint density at radius 2 is 1.64 bits per heavy atom. The van der Waals surface area contributed by atoms with Gasteiger partial charge in [-0.25, -0.2) is 0 Å². The van der Waals surface area contributed by atoms with Crippen molar-refractivity contribution in [2.45, 2.75) is 47.1 Å². The Kier molecular flexibility index (Phi) is 7.35. The Hall–Kier alpha value is -2.66. The van der Waals surface area contributed by atoms with Gasteiger partial charge in [0.25, 0.3) is 0 Å². The number of nitrogens with one attached hydrogen (secondary N) is 2. The van der Waals surface area contributed by atoms with Crippen LogP contribution in [0.4, 0.5) is 11.4 Å². The first-order chi connectivity index (χ1) is 13.2. The van der Waals surface area contributed by atoms with Crippen molar-refractivity contribution in [2.24, 2.45) is 0 Å². The Labute approximate surface area is 168 Å². The SMILES string of the molecule is CCc1ccccc1NC(=O)CN(C)[C@@H](C)C(=O)Nc1c(C)cc(C)cc1C. The highest BCUT2D eigenvalue weighted by Gasteiger charge is 2.21. The molecule has 0 aromatic heterocycles. The van der Waals surface area contributed by atoms with Gasteiger partial charge in [0.1, 0.15) is 0 Å². The number of carbonyl (C=O) groups is 2. The Balaban J connectivity index is 1.99. The minimum atomic E-state index is -0.438. The number of likely N-dealkylation sites (N-methyl/N-ethyl adjacent to an activating group) is 1. The molecule has 5 heteroatoms. The lowest BCUT2D eigenvalue weighted by molar-refractivity contribution is -0.122. The number of benzene rings is 2. The molecule has 150 valence electrons. The normalized spacial score (nSPS) is 12.0. The molecule has 0 spiro atoms. The number of anilines is 2. The number of hydrogen-bond donors (Lipinski definition) is 2. The van der Waals surface area contributed by atoms with Crippen LogP contribution in [0.5, 0.6) is 0 Å². The molecular weight excluding hydrogens is 350 g/mol. The number of nitrogens with zero attached hydrogens (tertiary/aromatic N) is 1. The van der Waals surface area contributed by atoms with Crippen molar-refractivity contribution in [3.8, 4) is 0 Å². The standard InChI is InChI=1S/C23H31N3O2/c1-7-19-10-8-9-11-20(19)24-21(27)14-26(6)18(5)23(28)25-22-16(3)12-15(2)13-17(22)4/h8-13,18H,7,14H2,1-6H3,(H,24,27)(H,25,28)/t18-/m0/s1. The molecule has 28 heavy (non-hydrogen) atoms. The van der Waals surface area contributed by atoms with E-state index in [4.69, 9.17) is 0 Å². The van der Waals surface area contributed by atoms with Crippen LogP contribution in [0.25, 0.3) is 0 Å². The molecular formula is C23H31N3O2. The summed E-state index contributed by atoms with van der Waals surface area (Å²) in [7, 11) is 1.78. The van der Waals surface area contributed by atoms with Gasteiger partial charge in [0.15, 0.2) is 0 Å². The molecule has 1 atom stereocenters. The molecule has 0 aliphatic heterocycles. The lowest BCUT2D eigenvalue weighted by atomic mass is 10.0. The van der Waals surface area contributed by atoms with Crippen molar-refractivity contribution in [1.82, 2.24) is 4.90 Å². The summed E-state index contributed by atoms with van der Waals surface area (Å²) in [5, 5.41) is 5.96. The van der Waals surface area contributed by atoms with Crippen LogP contribution in [-0.2, 0) is 16.0 Å². The summed E-state index contributed by atoms with van der Waals surface area (Å²) in [6.07, 6.45) is 0.848. The first-order valence-corrected chi connectivity index (χ1v) is 9.69. The Bertz CT molecular complexity index is 838. The fraction of sp³-hybridized carbons (Fsp3) is 0.391. The van der Waals surface area contributed by atoms with Gasteiger partial charge >= 0.3 is 0 Å². The van der Waals surface area contributed by atoms with Crippen molar-refractivity contribution in [2.75, 3.05) is 24.2 Å². The largest absolute Gasteiger partial charge is 0.325 e. The number of amides is 2. The van der Waals surface area contributed by atoms with Crippen molar-refractivity contribution < 1.29 is 9.59 Å². The van der Waals surface area contributed by atoms with Gasteiger partial charge in [-0.2, -0.15) is 0 Å². The Morgan fingerprint density at radius 1 is 1.04 bits per heavy atom. The number of para-hydroxylation sites is 1. The van der Waals surface area contributed by atoms with Crippen LogP contribution in [0, 0.1) is 20.8 Å². The predicted molar refractivity (Wildman–Crippen MR) is 116 cm³/mol. The maximum absolute atomic E-state index is 12.7. The topological polar surface area (TPSA) is 61.4 Å². The maximum atomic E-state index is 12.7. The molecule has 0 aliphatic carbocycles. The van der Waals surface area contributed by atoms with E-state index in [-0.39, 0.29) is 18.4 Å². The molecule has 0 unspecified atom stereocenters. The van der Waals surface area contributed by atoms with Crippen molar-refractivity contribution in [1.29, 1.82) is 0 Å². The van der Waals surface area contributed by atoms with Crippen LogP contribution in [0.1, 0.15) is 36.1 Å². The van der Waals surface area contributed by atoms with Crippen LogP contribution in [0.15, 0.2) is 36.4 Å². The first-order valence-electron chi connectivity index (χ1n) is 9.69. The van der Waals surface area contributed by atoms with Crippen LogP contribution in [0.2, 0.25) is 0 Å². The van der Waals surface area contributed by atoms with Crippen LogP contribution >= 0.6 is 0 Å². The van der Waals surface area contributed by atoms with Crippen molar-refractivity contribution in [3.05, 3.63) is 58.7 Å². The minimum Gasteiger partial charge on any atom is -0.325 e. The molecule has 2 amide bonds. The highest BCUT2D eigenvalue weighted by molar-refractivity contribution is 5.97. The average Bonchev–Trinajstić information content (AvgIpc) is 2.64. The summed E-state index contributed by atoms with van der Waals surface area (Å²) in [6.45, 7) is 10.0. The van der Waals surface area contributed by atoms with E-state index < -0.39 is 6.04 Å². The lowest BCUT2D eigenvalue weighted by Gasteiger charge is -2.24. The van der Waals surface area contributed by atoms with Crippen LogP contribution < -0.4 is 10.6 Å². The number of aryl methyl sites for hydroxylation is 4. The monoisotopic (exact) mass is 381 g/mol. The van der Waals surface area contributed by atoms with Crippen LogP contribution in [-0.4, -0.2) is 36.3 Å². The van der Waals surface area contributed by atoms with Crippen molar-refractivity contribution >= 4 is 23.2 Å². The second kappa shape index (κ2) is 9.51. The van der Waals surface area contributed by atoms with Gasteiger partial charge in [-0.3, -0.25) is 14.5 Å². The van der Waals surface area contributed by atoms with Gasteiger partial charge in [-0.05, 0) is 63.9 Å². The summed E-state index contributed by atoms with van der Waals surface area (Å²) in [4.78, 5) is 26.9. The van der Waals surface area contributed by atoms with Gasteiger partial charge in [-0.15, -0.1) is 0 Å².